The summed E-state index contributed by atoms with van der Waals surface area (Å²) in [6.45, 7) is 0.690. The first kappa shape index (κ1) is 31.1. The van der Waals surface area contributed by atoms with E-state index in [1.54, 1.807) is 6.92 Å². The SMILES string of the molecule is CC#C[C@H]1O[C@H](CO)[C@@H](O)[C@H](O)[C@@H]1O.OC[C@H]1O[C@H](C#Cc2ccc3c(c2)CCc2ccccc2-3)[C@@H](O)[C@@H](O)[C@@H]1O. The molecular weight excluding hydrogens is 532 g/mol. The Labute approximate surface area is 238 Å². The maximum atomic E-state index is 10.1. The van der Waals surface area contributed by atoms with Crippen LogP contribution in [0.3, 0.4) is 0 Å². The van der Waals surface area contributed by atoms with Gasteiger partial charge in [-0.05, 0) is 54.2 Å². The van der Waals surface area contributed by atoms with Crippen molar-refractivity contribution in [2.75, 3.05) is 13.2 Å². The molecule has 0 saturated carbocycles. The van der Waals surface area contributed by atoms with E-state index in [1.807, 2.05) is 18.2 Å². The van der Waals surface area contributed by atoms with Gasteiger partial charge in [0.15, 0.2) is 0 Å². The van der Waals surface area contributed by atoms with Crippen LogP contribution >= 0.6 is 0 Å². The van der Waals surface area contributed by atoms with Gasteiger partial charge in [-0.15, -0.1) is 5.92 Å². The summed E-state index contributed by atoms with van der Waals surface area (Å²) >= 11 is 0. The first-order valence-corrected chi connectivity index (χ1v) is 13.5. The Morgan fingerprint density at radius 2 is 1.20 bits per heavy atom. The third kappa shape index (κ3) is 6.81. The number of hydrogen-bond acceptors (Lipinski definition) is 10. The van der Waals surface area contributed by atoms with E-state index in [4.69, 9.17) is 14.6 Å². The number of rotatable bonds is 2. The molecular formula is C31H36O10. The minimum atomic E-state index is -1.41. The molecule has 0 spiro atoms. The summed E-state index contributed by atoms with van der Waals surface area (Å²) in [4.78, 5) is 0. The van der Waals surface area contributed by atoms with Crippen molar-refractivity contribution in [1.29, 1.82) is 0 Å². The zero-order valence-electron chi connectivity index (χ0n) is 22.5. The van der Waals surface area contributed by atoms with Crippen LogP contribution in [-0.2, 0) is 22.3 Å². The van der Waals surface area contributed by atoms with Crippen LogP contribution in [0.4, 0.5) is 0 Å². The summed E-state index contributed by atoms with van der Waals surface area (Å²) in [5.74, 6) is 10.9. The van der Waals surface area contributed by atoms with Gasteiger partial charge in [-0.25, -0.2) is 0 Å². The Morgan fingerprint density at radius 3 is 1.78 bits per heavy atom. The summed E-state index contributed by atoms with van der Waals surface area (Å²) in [7, 11) is 0. The number of aliphatic hydroxyl groups excluding tert-OH is 8. The summed E-state index contributed by atoms with van der Waals surface area (Å²) in [6, 6.07) is 14.4. The smallest absolute Gasteiger partial charge is 0.147 e. The van der Waals surface area contributed by atoms with Crippen LogP contribution in [0.2, 0.25) is 0 Å². The van der Waals surface area contributed by atoms with Gasteiger partial charge in [0.2, 0.25) is 0 Å². The zero-order valence-corrected chi connectivity index (χ0v) is 22.5. The molecule has 10 nitrogen and oxygen atoms in total. The van der Waals surface area contributed by atoms with Crippen LogP contribution in [0.1, 0.15) is 23.6 Å². The van der Waals surface area contributed by atoms with E-state index in [0.29, 0.717) is 0 Å². The highest BCUT2D eigenvalue weighted by molar-refractivity contribution is 5.73. The molecule has 0 radical (unpaired) electrons. The maximum absolute atomic E-state index is 10.1. The summed E-state index contributed by atoms with van der Waals surface area (Å²) in [5.41, 5.74) is 5.85. The fourth-order valence-corrected chi connectivity index (χ4v) is 5.15. The minimum absolute atomic E-state index is 0.424. The van der Waals surface area contributed by atoms with Gasteiger partial charge in [-0.2, -0.15) is 0 Å². The Balaban J connectivity index is 0.000000234. The molecule has 10 atom stereocenters. The van der Waals surface area contributed by atoms with Crippen molar-refractivity contribution in [2.45, 2.75) is 80.8 Å². The second-order valence-corrected chi connectivity index (χ2v) is 10.2. The van der Waals surface area contributed by atoms with Crippen LogP contribution in [0, 0.1) is 23.7 Å². The standard InChI is InChI=1S/C22H22O5.C9H14O5/c23-12-19-21(25)22(26)20(24)18(27-19)10-6-13-5-9-17-15(11-13)8-7-14-3-1-2-4-16(14)17;1-2-3-5-7(11)9(13)8(12)6(4-10)14-5/h1-5,9,11,18-26H,7-8,12H2;5-13H,4H2,1H3/t18-,19-,20-,21-,22-;5-,6-,7-,8-,9-/m11/s1. The molecule has 5 rings (SSSR count). The fourth-order valence-electron chi connectivity index (χ4n) is 5.15. The molecule has 2 aliphatic heterocycles. The van der Waals surface area contributed by atoms with Gasteiger partial charge in [0.1, 0.15) is 61.0 Å². The predicted molar refractivity (Wildman–Crippen MR) is 147 cm³/mol. The Kier molecular flexibility index (Phi) is 10.5. The molecule has 41 heavy (non-hydrogen) atoms. The van der Waals surface area contributed by atoms with Crippen molar-refractivity contribution in [2.24, 2.45) is 0 Å². The van der Waals surface area contributed by atoms with Crippen molar-refractivity contribution in [3.05, 3.63) is 59.2 Å². The van der Waals surface area contributed by atoms with E-state index < -0.39 is 74.3 Å². The molecule has 0 unspecified atom stereocenters. The van der Waals surface area contributed by atoms with Gasteiger partial charge in [0.25, 0.3) is 0 Å². The Bertz CT molecular complexity index is 1300. The maximum Gasteiger partial charge on any atom is 0.147 e. The van der Waals surface area contributed by atoms with Crippen LogP contribution < -0.4 is 0 Å². The van der Waals surface area contributed by atoms with Gasteiger partial charge < -0.3 is 50.3 Å². The summed E-state index contributed by atoms with van der Waals surface area (Å²) < 4.78 is 10.5. The Morgan fingerprint density at radius 1 is 0.659 bits per heavy atom. The van der Waals surface area contributed by atoms with Crippen LogP contribution in [0.15, 0.2) is 42.5 Å². The average molecular weight is 569 g/mol. The van der Waals surface area contributed by atoms with Gasteiger partial charge in [0.05, 0.1) is 13.2 Å². The highest BCUT2D eigenvalue weighted by Crippen LogP contribution is 2.33. The highest BCUT2D eigenvalue weighted by atomic mass is 16.5. The number of hydrogen-bond donors (Lipinski definition) is 8. The fraction of sp³-hybridized carbons (Fsp3) is 0.484. The molecule has 2 saturated heterocycles. The third-order valence-corrected chi connectivity index (χ3v) is 7.51. The topological polar surface area (TPSA) is 180 Å². The largest absolute Gasteiger partial charge is 0.394 e. The van der Waals surface area contributed by atoms with E-state index in [-0.39, 0.29) is 0 Å². The predicted octanol–water partition coefficient (Wildman–Crippen LogP) is -1.50. The van der Waals surface area contributed by atoms with Crippen molar-refractivity contribution in [3.8, 4) is 34.8 Å². The molecule has 2 heterocycles. The van der Waals surface area contributed by atoms with Crippen LogP contribution in [0.25, 0.3) is 11.1 Å². The first-order valence-electron chi connectivity index (χ1n) is 13.5. The van der Waals surface area contributed by atoms with E-state index in [9.17, 15) is 35.7 Å². The minimum Gasteiger partial charge on any atom is -0.394 e. The summed E-state index contributed by atoms with van der Waals surface area (Å²) in [5, 5.41) is 76.0. The molecule has 2 aromatic rings. The quantitative estimate of drug-likeness (QED) is 0.199. The number of fused-ring (bicyclic) bond motifs is 3. The number of aryl methyl sites for hydroxylation is 2. The lowest BCUT2D eigenvalue weighted by atomic mass is 9.85. The molecule has 1 aliphatic carbocycles. The summed E-state index contributed by atoms with van der Waals surface area (Å²) in [6.07, 6.45) is -9.73. The normalized spacial score (nSPS) is 33.9. The average Bonchev–Trinajstić information content (AvgIpc) is 3.00. The molecule has 0 bridgehead atoms. The first-order chi connectivity index (χ1) is 19.7. The second kappa shape index (κ2) is 13.9. The molecule has 0 amide bonds. The lowest BCUT2D eigenvalue weighted by molar-refractivity contribution is -0.214. The third-order valence-electron chi connectivity index (χ3n) is 7.51. The van der Waals surface area contributed by atoms with Crippen LogP contribution in [0.5, 0.6) is 0 Å². The molecule has 8 N–H and O–H groups in total. The molecule has 10 heteroatoms. The molecule has 220 valence electrons. The zero-order chi connectivity index (χ0) is 29.7. The Hall–Kier alpha value is -2.84. The van der Waals surface area contributed by atoms with E-state index in [2.05, 4.69) is 47.9 Å². The van der Waals surface area contributed by atoms with Crippen molar-refractivity contribution in [1.82, 2.24) is 0 Å². The van der Waals surface area contributed by atoms with Gasteiger partial charge >= 0.3 is 0 Å². The van der Waals surface area contributed by atoms with Crippen molar-refractivity contribution >= 4 is 0 Å². The van der Waals surface area contributed by atoms with Gasteiger partial charge in [-0.3, -0.25) is 0 Å². The lowest BCUT2D eigenvalue weighted by Crippen LogP contribution is -2.58. The molecule has 3 aliphatic rings. The van der Waals surface area contributed by atoms with Crippen molar-refractivity contribution in [3.63, 3.8) is 0 Å². The monoisotopic (exact) mass is 568 g/mol. The number of benzene rings is 2. The lowest BCUT2D eigenvalue weighted by Gasteiger charge is -2.37. The van der Waals surface area contributed by atoms with E-state index in [1.165, 1.54) is 22.3 Å². The highest BCUT2D eigenvalue weighted by Gasteiger charge is 2.43. The molecule has 2 fully saturated rings. The van der Waals surface area contributed by atoms with Crippen molar-refractivity contribution < 1.29 is 50.3 Å². The van der Waals surface area contributed by atoms with E-state index in [0.717, 1.165) is 18.4 Å². The number of ether oxygens (including phenoxy) is 2. The van der Waals surface area contributed by atoms with Crippen LogP contribution in [-0.4, -0.2) is 115 Å². The second-order valence-electron chi connectivity index (χ2n) is 10.2. The molecule has 0 aromatic heterocycles. The van der Waals surface area contributed by atoms with E-state index >= 15 is 0 Å². The van der Waals surface area contributed by atoms with Gasteiger partial charge in [-0.1, -0.05) is 48.1 Å². The number of aliphatic hydroxyl groups is 8. The van der Waals surface area contributed by atoms with Gasteiger partial charge in [0, 0.05) is 5.56 Å². The molecule has 2 aromatic carbocycles.